The number of hydrogen-bond acceptors (Lipinski definition) is 3. The molecule has 0 aromatic heterocycles. The van der Waals surface area contributed by atoms with E-state index in [1.54, 1.807) is 0 Å². The van der Waals surface area contributed by atoms with Gasteiger partial charge in [0.1, 0.15) is 11.5 Å². The van der Waals surface area contributed by atoms with Crippen LogP contribution in [0.1, 0.15) is 98.6 Å². The number of carbonyl (C=O) groups is 1. The smallest absolute Gasteiger partial charge is 0.394 e. The molecule has 4 aromatic carbocycles. The molecule has 0 spiro atoms. The molecule has 2 unspecified atom stereocenters. The highest BCUT2D eigenvalue weighted by molar-refractivity contribution is 5.69. The first-order valence-corrected chi connectivity index (χ1v) is 14.8. The van der Waals surface area contributed by atoms with E-state index in [4.69, 9.17) is 9.47 Å². The largest absolute Gasteiger partial charge is 0.519 e. The second kappa shape index (κ2) is 14.5. The van der Waals surface area contributed by atoms with E-state index < -0.39 is 6.16 Å². The summed E-state index contributed by atoms with van der Waals surface area (Å²) in [5, 5.41) is 0. The molecule has 0 saturated heterocycles. The zero-order valence-corrected chi connectivity index (χ0v) is 24.4. The molecule has 40 heavy (non-hydrogen) atoms. The third kappa shape index (κ3) is 6.83. The minimum Gasteiger partial charge on any atom is -0.394 e. The van der Waals surface area contributed by atoms with Crippen molar-refractivity contribution < 1.29 is 14.3 Å². The molecule has 0 aliphatic heterocycles. The minimum absolute atomic E-state index is 0.136. The van der Waals surface area contributed by atoms with Crippen molar-refractivity contribution in [3.8, 4) is 11.5 Å². The van der Waals surface area contributed by atoms with Gasteiger partial charge in [0.25, 0.3) is 0 Å². The van der Waals surface area contributed by atoms with Gasteiger partial charge in [-0.05, 0) is 60.1 Å². The third-order valence-electron chi connectivity index (χ3n) is 7.75. The van der Waals surface area contributed by atoms with Gasteiger partial charge >= 0.3 is 6.16 Å². The molecule has 3 heteroatoms. The molecule has 4 rings (SSSR count). The lowest BCUT2D eigenvalue weighted by atomic mass is 9.84. The summed E-state index contributed by atoms with van der Waals surface area (Å²) in [7, 11) is 0. The van der Waals surface area contributed by atoms with Crippen molar-refractivity contribution in [3.05, 3.63) is 130 Å². The number of para-hydroxylation sites is 2. The van der Waals surface area contributed by atoms with Gasteiger partial charge in [-0.1, -0.05) is 125 Å². The standard InChI is InChI=1S/C37H42O3/c1-5-17-31(29-21-11-9-19-27(29)7-3)33-23-13-15-25-35(33)39-37(38)40-36-26-16-14-24-34(36)32(18-6-2)30-22-12-10-20-28(30)8-4/h9-16,19-26,31-32H,5-8,17-18H2,1-4H3. The molecular weight excluding hydrogens is 492 g/mol. The van der Waals surface area contributed by atoms with Gasteiger partial charge < -0.3 is 9.47 Å². The quantitative estimate of drug-likeness (QED) is 0.134. The molecule has 0 heterocycles. The number of ether oxygens (including phenoxy) is 2. The number of carbonyl (C=O) groups excluding carboxylic acids is 1. The second-order valence-corrected chi connectivity index (χ2v) is 10.3. The van der Waals surface area contributed by atoms with Crippen LogP contribution in [-0.2, 0) is 12.8 Å². The van der Waals surface area contributed by atoms with Crippen LogP contribution < -0.4 is 9.47 Å². The Morgan fingerprint density at radius 3 is 1.25 bits per heavy atom. The Labute approximate surface area is 240 Å². The van der Waals surface area contributed by atoms with E-state index >= 15 is 0 Å². The van der Waals surface area contributed by atoms with Crippen LogP contribution in [0.2, 0.25) is 0 Å². The summed E-state index contributed by atoms with van der Waals surface area (Å²) < 4.78 is 11.9. The molecule has 0 bridgehead atoms. The predicted octanol–water partition coefficient (Wildman–Crippen LogP) is 10.3. The summed E-state index contributed by atoms with van der Waals surface area (Å²) in [6.07, 6.45) is 5.17. The maximum atomic E-state index is 13.3. The normalized spacial score (nSPS) is 12.5. The van der Waals surface area contributed by atoms with Gasteiger partial charge in [-0.25, -0.2) is 4.79 Å². The minimum atomic E-state index is -0.710. The molecule has 0 fully saturated rings. The zero-order valence-electron chi connectivity index (χ0n) is 24.4. The van der Waals surface area contributed by atoms with Crippen LogP contribution >= 0.6 is 0 Å². The van der Waals surface area contributed by atoms with E-state index in [0.717, 1.165) is 49.7 Å². The number of hydrogen-bond donors (Lipinski definition) is 0. The summed E-state index contributed by atoms with van der Waals surface area (Å²) >= 11 is 0. The molecule has 0 amide bonds. The van der Waals surface area contributed by atoms with E-state index in [-0.39, 0.29) is 11.8 Å². The van der Waals surface area contributed by atoms with E-state index in [1.165, 1.54) is 22.3 Å². The SMILES string of the molecule is CCCC(c1ccccc1CC)c1ccccc1OC(=O)Oc1ccccc1C(CCC)c1ccccc1CC. The van der Waals surface area contributed by atoms with Gasteiger partial charge in [0, 0.05) is 23.0 Å². The van der Waals surface area contributed by atoms with Gasteiger partial charge in [-0.15, -0.1) is 0 Å². The number of rotatable bonds is 12. The molecule has 0 N–H and O–H groups in total. The van der Waals surface area contributed by atoms with Gasteiger partial charge in [0.2, 0.25) is 0 Å². The zero-order chi connectivity index (χ0) is 28.3. The van der Waals surface area contributed by atoms with Crippen LogP contribution in [0.5, 0.6) is 11.5 Å². The van der Waals surface area contributed by atoms with Crippen LogP contribution in [0.25, 0.3) is 0 Å². The van der Waals surface area contributed by atoms with E-state index in [2.05, 4.69) is 88.4 Å². The van der Waals surface area contributed by atoms with E-state index in [1.807, 2.05) is 36.4 Å². The highest BCUT2D eigenvalue weighted by atomic mass is 16.7. The molecule has 0 aliphatic rings. The fourth-order valence-electron chi connectivity index (χ4n) is 5.85. The van der Waals surface area contributed by atoms with E-state index in [0.29, 0.717) is 11.5 Å². The van der Waals surface area contributed by atoms with Crippen molar-refractivity contribution in [2.75, 3.05) is 0 Å². The summed E-state index contributed by atoms with van der Waals surface area (Å²) in [5.41, 5.74) is 7.24. The molecule has 4 aromatic rings. The Balaban J connectivity index is 1.63. The lowest BCUT2D eigenvalue weighted by molar-refractivity contribution is 0.150. The Morgan fingerprint density at radius 1 is 0.525 bits per heavy atom. The average molecular weight is 535 g/mol. The number of aryl methyl sites for hydroxylation is 2. The third-order valence-corrected chi connectivity index (χ3v) is 7.75. The molecule has 2 atom stereocenters. The molecule has 208 valence electrons. The molecular formula is C37H42O3. The molecule has 3 nitrogen and oxygen atoms in total. The molecule has 0 aliphatic carbocycles. The van der Waals surface area contributed by atoms with Crippen LogP contribution in [0, 0.1) is 0 Å². The first-order chi connectivity index (χ1) is 19.6. The number of benzene rings is 4. The molecule has 0 radical (unpaired) electrons. The fraction of sp³-hybridized carbons (Fsp3) is 0.324. The maximum Gasteiger partial charge on any atom is 0.519 e. The van der Waals surface area contributed by atoms with Crippen molar-refractivity contribution in [2.45, 2.75) is 78.1 Å². The Bertz CT molecular complexity index is 1280. The Morgan fingerprint density at radius 2 is 0.875 bits per heavy atom. The van der Waals surface area contributed by atoms with Gasteiger partial charge in [0.05, 0.1) is 0 Å². The second-order valence-electron chi connectivity index (χ2n) is 10.3. The van der Waals surface area contributed by atoms with Gasteiger partial charge in [-0.2, -0.15) is 0 Å². The van der Waals surface area contributed by atoms with Crippen LogP contribution in [0.3, 0.4) is 0 Å². The van der Waals surface area contributed by atoms with E-state index in [9.17, 15) is 4.79 Å². The fourth-order valence-corrected chi connectivity index (χ4v) is 5.85. The van der Waals surface area contributed by atoms with Crippen LogP contribution in [0.15, 0.2) is 97.1 Å². The molecule has 0 saturated carbocycles. The summed E-state index contributed by atoms with van der Waals surface area (Å²) in [6.45, 7) is 8.76. The highest BCUT2D eigenvalue weighted by Crippen LogP contribution is 2.39. The van der Waals surface area contributed by atoms with Gasteiger partial charge in [-0.3, -0.25) is 0 Å². The van der Waals surface area contributed by atoms with Gasteiger partial charge in [0.15, 0.2) is 0 Å². The van der Waals surface area contributed by atoms with Crippen molar-refractivity contribution in [3.63, 3.8) is 0 Å². The Hall–Kier alpha value is -3.85. The Kier molecular flexibility index (Phi) is 10.6. The van der Waals surface area contributed by atoms with Crippen molar-refractivity contribution in [1.29, 1.82) is 0 Å². The first-order valence-electron chi connectivity index (χ1n) is 14.8. The maximum absolute atomic E-state index is 13.3. The highest BCUT2D eigenvalue weighted by Gasteiger charge is 2.24. The predicted molar refractivity (Wildman–Crippen MR) is 165 cm³/mol. The van der Waals surface area contributed by atoms with Crippen molar-refractivity contribution in [2.24, 2.45) is 0 Å². The first kappa shape index (κ1) is 29.1. The van der Waals surface area contributed by atoms with Crippen LogP contribution in [0.4, 0.5) is 4.79 Å². The summed E-state index contributed by atoms with van der Waals surface area (Å²) in [5.74, 6) is 1.38. The summed E-state index contributed by atoms with van der Waals surface area (Å²) in [6, 6.07) is 32.9. The topological polar surface area (TPSA) is 35.5 Å². The average Bonchev–Trinajstić information content (AvgIpc) is 2.99. The van der Waals surface area contributed by atoms with Crippen LogP contribution in [-0.4, -0.2) is 6.16 Å². The monoisotopic (exact) mass is 534 g/mol. The lowest BCUT2D eigenvalue weighted by Crippen LogP contribution is -2.17. The van der Waals surface area contributed by atoms with Crippen molar-refractivity contribution >= 4 is 6.16 Å². The van der Waals surface area contributed by atoms with Crippen molar-refractivity contribution in [1.82, 2.24) is 0 Å². The lowest BCUT2D eigenvalue weighted by Gasteiger charge is -2.23. The summed E-state index contributed by atoms with van der Waals surface area (Å²) in [4.78, 5) is 13.3.